The van der Waals surface area contributed by atoms with Gasteiger partial charge in [0.05, 0.1) is 11.2 Å². The summed E-state index contributed by atoms with van der Waals surface area (Å²) in [6, 6.07) is 6.61. The molecule has 0 amide bonds. The zero-order chi connectivity index (χ0) is 14.0. The molecule has 2 rings (SSSR count). The van der Waals surface area contributed by atoms with Gasteiger partial charge in [0.15, 0.2) is 0 Å². The lowest BCUT2D eigenvalue weighted by Gasteiger charge is -2.19. The number of nitrogens with two attached hydrogens (primary N) is 1. The summed E-state index contributed by atoms with van der Waals surface area (Å²) in [5, 5.41) is 10.7. The Hall–Kier alpha value is -2.50. The maximum absolute atomic E-state index is 10.7. The number of nitro benzene ring substituents is 1. The van der Waals surface area contributed by atoms with E-state index in [1.165, 1.54) is 6.07 Å². The third kappa shape index (κ3) is 2.67. The molecule has 0 aliphatic heterocycles. The van der Waals surface area contributed by atoms with E-state index in [-0.39, 0.29) is 11.4 Å². The summed E-state index contributed by atoms with van der Waals surface area (Å²) >= 11 is 0. The van der Waals surface area contributed by atoms with Gasteiger partial charge < -0.3 is 15.1 Å². The minimum Gasteiger partial charge on any atom is -0.469 e. The van der Waals surface area contributed by atoms with Gasteiger partial charge in [0.2, 0.25) is 0 Å². The Morgan fingerprint density at radius 1 is 1.42 bits per heavy atom. The molecule has 0 atom stereocenters. The van der Waals surface area contributed by atoms with Crippen molar-refractivity contribution in [3.8, 4) is 0 Å². The third-order valence-electron chi connectivity index (χ3n) is 3.02. The van der Waals surface area contributed by atoms with Crippen molar-refractivity contribution in [3.63, 3.8) is 0 Å². The molecule has 0 aliphatic rings. The number of furan rings is 1. The van der Waals surface area contributed by atoms with E-state index in [1.807, 2.05) is 24.9 Å². The summed E-state index contributed by atoms with van der Waals surface area (Å²) in [6.45, 7) is 2.55. The van der Waals surface area contributed by atoms with Gasteiger partial charge in [0.25, 0.3) is 5.69 Å². The SMILES string of the molecule is Cc1occc1CN(C)c1ccc([N+](=O)[O-])c(N)c1. The van der Waals surface area contributed by atoms with Gasteiger partial charge in [0, 0.05) is 30.9 Å². The molecule has 1 heterocycles. The van der Waals surface area contributed by atoms with Gasteiger partial charge in [-0.1, -0.05) is 0 Å². The molecule has 2 N–H and O–H groups in total. The quantitative estimate of drug-likeness (QED) is 0.519. The molecule has 0 saturated carbocycles. The maximum Gasteiger partial charge on any atom is 0.292 e. The standard InChI is InChI=1S/C13H15N3O3/c1-9-10(5-6-19-9)8-15(2)11-3-4-13(16(17)18)12(14)7-11/h3-7H,8,14H2,1-2H3. The number of nitrogen functional groups attached to an aromatic ring is 1. The molecule has 6 heteroatoms. The Labute approximate surface area is 110 Å². The van der Waals surface area contributed by atoms with E-state index >= 15 is 0 Å². The largest absolute Gasteiger partial charge is 0.469 e. The van der Waals surface area contributed by atoms with Crippen molar-refractivity contribution in [2.45, 2.75) is 13.5 Å². The Morgan fingerprint density at radius 3 is 2.68 bits per heavy atom. The van der Waals surface area contributed by atoms with Crippen LogP contribution in [0, 0.1) is 17.0 Å². The second-order valence-electron chi connectivity index (χ2n) is 4.36. The fraction of sp³-hybridized carbons (Fsp3) is 0.231. The van der Waals surface area contributed by atoms with Crippen LogP contribution in [0.15, 0.2) is 34.9 Å². The summed E-state index contributed by atoms with van der Waals surface area (Å²) in [5.74, 6) is 0.863. The van der Waals surface area contributed by atoms with Crippen LogP contribution in [-0.2, 0) is 6.54 Å². The van der Waals surface area contributed by atoms with Crippen LogP contribution in [0.5, 0.6) is 0 Å². The number of aryl methyl sites for hydroxylation is 1. The van der Waals surface area contributed by atoms with Crippen molar-refractivity contribution >= 4 is 17.1 Å². The number of hydrogen-bond acceptors (Lipinski definition) is 5. The molecule has 0 spiro atoms. The molecule has 100 valence electrons. The fourth-order valence-corrected chi connectivity index (χ4v) is 1.87. The van der Waals surface area contributed by atoms with E-state index in [1.54, 1.807) is 18.4 Å². The number of nitrogens with zero attached hydrogens (tertiary/aromatic N) is 2. The maximum atomic E-state index is 10.7. The molecule has 1 aromatic carbocycles. The minimum atomic E-state index is -0.487. The zero-order valence-electron chi connectivity index (χ0n) is 10.8. The molecule has 19 heavy (non-hydrogen) atoms. The van der Waals surface area contributed by atoms with Gasteiger partial charge in [0.1, 0.15) is 11.4 Å². The second kappa shape index (κ2) is 5.01. The van der Waals surface area contributed by atoms with E-state index in [0.29, 0.717) is 6.54 Å². The van der Waals surface area contributed by atoms with E-state index in [9.17, 15) is 10.1 Å². The first kappa shape index (κ1) is 12.9. The molecule has 0 bridgehead atoms. The van der Waals surface area contributed by atoms with Crippen LogP contribution in [0.4, 0.5) is 17.1 Å². The first-order valence-electron chi connectivity index (χ1n) is 5.77. The molecular weight excluding hydrogens is 246 g/mol. The number of hydrogen-bond donors (Lipinski definition) is 1. The minimum absolute atomic E-state index is 0.0726. The van der Waals surface area contributed by atoms with E-state index < -0.39 is 4.92 Å². The number of benzene rings is 1. The van der Waals surface area contributed by atoms with Crippen LogP contribution in [0.3, 0.4) is 0 Å². The Kier molecular flexibility index (Phi) is 3.41. The molecule has 0 aliphatic carbocycles. The monoisotopic (exact) mass is 261 g/mol. The summed E-state index contributed by atoms with van der Waals surface area (Å²) in [5.41, 5.74) is 7.66. The third-order valence-corrected chi connectivity index (χ3v) is 3.02. The Bertz CT molecular complexity index is 607. The summed E-state index contributed by atoms with van der Waals surface area (Å²) in [6.07, 6.45) is 1.64. The molecule has 0 fully saturated rings. The molecule has 2 aromatic rings. The van der Waals surface area contributed by atoms with Crippen LogP contribution < -0.4 is 10.6 Å². The van der Waals surface area contributed by atoms with Crippen molar-refractivity contribution in [3.05, 3.63) is 52.0 Å². The van der Waals surface area contributed by atoms with Crippen LogP contribution in [0.2, 0.25) is 0 Å². The molecule has 6 nitrogen and oxygen atoms in total. The number of anilines is 2. The summed E-state index contributed by atoms with van der Waals surface area (Å²) in [4.78, 5) is 12.2. The van der Waals surface area contributed by atoms with Gasteiger partial charge >= 0.3 is 0 Å². The fourth-order valence-electron chi connectivity index (χ4n) is 1.87. The zero-order valence-corrected chi connectivity index (χ0v) is 10.8. The average molecular weight is 261 g/mol. The van der Waals surface area contributed by atoms with Crippen LogP contribution >= 0.6 is 0 Å². The highest BCUT2D eigenvalue weighted by atomic mass is 16.6. The number of nitro groups is 1. The van der Waals surface area contributed by atoms with Crippen molar-refractivity contribution in [2.24, 2.45) is 0 Å². The summed E-state index contributed by atoms with van der Waals surface area (Å²) < 4.78 is 5.23. The smallest absolute Gasteiger partial charge is 0.292 e. The van der Waals surface area contributed by atoms with Gasteiger partial charge in [-0.2, -0.15) is 0 Å². The normalized spacial score (nSPS) is 10.4. The van der Waals surface area contributed by atoms with E-state index in [0.717, 1.165) is 17.0 Å². The van der Waals surface area contributed by atoms with Gasteiger partial charge in [-0.05, 0) is 25.1 Å². The average Bonchev–Trinajstić information content (AvgIpc) is 2.74. The van der Waals surface area contributed by atoms with Crippen molar-refractivity contribution < 1.29 is 9.34 Å². The van der Waals surface area contributed by atoms with Crippen molar-refractivity contribution in [1.29, 1.82) is 0 Å². The number of rotatable bonds is 4. The molecule has 0 radical (unpaired) electrons. The first-order chi connectivity index (χ1) is 8.99. The predicted octanol–water partition coefficient (Wildman–Crippen LogP) is 2.71. The Morgan fingerprint density at radius 2 is 2.16 bits per heavy atom. The van der Waals surface area contributed by atoms with Gasteiger partial charge in [-0.25, -0.2) is 0 Å². The lowest BCUT2D eigenvalue weighted by molar-refractivity contribution is -0.383. The lowest BCUT2D eigenvalue weighted by atomic mass is 10.2. The molecule has 0 saturated heterocycles. The van der Waals surface area contributed by atoms with Crippen molar-refractivity contribution in [1.82, 2.24) is 0 Å². The topological polar surface area (TPSA) is 85.5 Å². The highest BCUT2D eigenvalue weighted by Crippen LogP contribution is 2.27. The highest BCUT2D eigenvalue weighted by molar-refractivity contribution is 5.66. The first-order valence-corrected chi connectivity index (χ1v) is 5.77. The molecular formula is C13H15N3O3. The van der Waals surface area contributed by atoms with Gasteiger partial charge in [-0.3, -0.25) is 10.1 Å². The molecule has 0 unspecified atom stereocenters. The summed E-state index contributed by atoms with van der Waals surface area (Å²) in [7, 11) is 1.90. The van der Waals surface area contributed by atoms with Gasteiger partial charge in [-0.15, -0.1) is 0 Å². The van der Waals surface area contributed by atoms with Crippen LogP contribution in [-0.4, -0.2) is 12.0 Å². The van der Waals surface area contributed by atoms with E-state index in [2.05, 4.69) is 0 Å². The van der Waals surface area contributed by atoms with Crippen LogP contribution in [0.25, 0.3) is 0 Å². The second-order valence-corrected chi connectivity index (χ2v) is 4.36. The van der Waals surface area contributed by atoms with E-state index in [4.69, 9.17) is 10.2 Å². The molecule has 1 aromatic heterocycles. The highest BCUT2D eigenvalue weighted by Gasteiger charge is 2.13. The Balaban J connectivity index is 2.20. The van der Waals surface area contributed by atoms with Crippen molar-refractivity contribution in [2.75, 3.05) is 17.7 Å². The van der Waals surface area contributed by atoms with Crippen LogP contribution in [0.1, 0.15) is 11.3 Å². The predicted molar refractivity (Wildman–Crippen MR) is 73.1 cm³/mol. The lowest BCUT2D eigenvalue weighted by Crippen LogP contribution is -2.16.